The Morgan fingerprint density at radius 1 is 1.10 bits per heavy atom. The SMILES string of the molecule is CCOC(=O)c1c(NC(=O)[C@@H](C)OC(=O)c2cc(-c3ccc(C)cc3)nc3ccccc23)sc2c1CC[C@H](C)C2. The summed E-state index contributed by atoms with van der Waals surface area (Å²) in [6, 6.07) is 16.9. The van der Waals surface area contributed by atoms with Crippen LogP contribution >= 0.6 is 11.3 Å². The van der Waals surface area contributed by atoms with Crippen LogP contribution in [0.5, 0.6) is 0 Å². The Balaban J connectivity index is 1.39. The van der Waals surface area contributed by atoms with Crippen LogP contribution in [0.2, 0.25) is 0 Å². The molecule has 40 heavy (non-hydrogen) atoms. The van der Waals surface area contributed by atoms with Crippen LogP contribution in [0, 0.1) is 12.8 Å². The van der Waals surface area contributed by atoms with Gasteiger partial charge >= 0.3 is 11.9 Å². The molecule has 2 heterocycles. The van der Waals surface area contributed by atoms with Crippen LogP contribution in [-0.4, -0.2) is 35.5 Å². The zero-order valence-electron chi connectivity index (χ0n) is 23.1. The average Bonchev–Trinajstić information content (AvgIpc) is 3.29. The lowest BCUT2D eigenvalue weighted by Crippen LogP contribution is -2.30. The van der Waals surface area contributed by atoms with Crippen molar-refractivity contribution in [3.8, 4) is 11.3 Å². The van der Waals surface area contributed by atoms with Crippen molar-refractivity contribution in [1.82, 2.24) is 4.98 Å². The summed E-state index contributed by atoms with van der Waals surface area (Å²) in [7, 11) is 0. The number of pyridine rings is 1. The highest BCUT2D eigenvalue weighted by molar-refractivity contribution is 7.17. The molecule has 2 aromatic carbocycles. The van der Waals surface area contributed by atoms with Crippen LogP contribution < -0.4 is 5.32 Å². The van der Waals surface area contributed by atoms with Crippen LogP contribution in [0.1, 0.15) is 63.9 Å². The third-order valence-electron chi connectivity index (χ3n) is 7.16. The van der Waals surface area contributed by atoms with Crippen molar-refractivity contribution in [2.45, 2.75) is 53.1 Å². The molecule has 8 heteroatoms. The molecule has 1 N–H and O–H groups in total. The number of rotatable bonds is 7. The molecule has 1 aliphatic rings. The smallest absolute Gasteiger partial charge is 0.341 e. The molecule has 0 unspecified atom stereocenters. The summed E-state index contributed by atoms with van der Waals surface area (Å²) < 4.78 is 11.0. The summed E-state index contributed by atoms with van der Waals surface area (Å²) in [5.41, 5.74) is 4.99. The average molecular weight is 557 g/mol. The summed E-state index contributed by atoms with van der Waals surface area (Å²) in [6.07, 6.45) is 1.49. The molecule has 7 nitrogen and oxygen atoms in total. The number of esters is 2. The number of aryl methyl sites for hydroxylation is 1. The molecule has 0 radical (unpaired) electrons. The van der Waals surface area contributed by atoms with E-state index in [9.17, 15) is 14.4 Å². The quantitative estimate of drug-likeness (QED) is 0.253. The van der Waals surface area contributed by atoms with E-state index in [1.165, 1.54) is 18.3 Å². The third-order valence-corrected chi connectivity index (χ3v) is 8.33. The zero-order chi connectivity index (χ0) is 28.4. The molecule has 2 aromatic heterocycles. The Kier molecular flexibility index (Phi) is 7.98. The Morgan fingerprint density at radius 2 is 1.85 bits per heavy atom. The minimum atomic E-state index is -1.10. The number of para-hydroxylation sites is 1. The molecule has 0 saturated carbocycles. The predicted octanol–water partition coefficient (Wildman–Crippen LogP) is 6.76. The summed E-state index contributed by atoms with van der Waals surface area (Å²) in [5, 5.41) is 3.93. The standard InChI is InChI=1S/C32H32N2O5S/c1-5-38-32(37)28-23-15-12-19(3)16-27(23)40-30(28)34-29(35)20(4)39-31(36)24-17-26(21-13-10-18(2)11-14-21)33-25-9-7-6-8-22(24)25/h6-11,13-14,17,19-20H,5,12,15-16H2,1-4H3,(H,34,35)/t19-,20+/m0/s1. The summed E-state index contributed by atoms with van der Waals surface area (Å²) >= 11 is 1.40. The summed E-state index contributed by atoms with van der Waals surface area (Å²) in [5.74, 6) is -1.08. The first-order valence-electron chi connectivity index (χ1n) is 13.6. The van der Waals surface area contributed by atoms with E-state index in [0.29, 0.717) is 38.6 Å². The van der Waals surface area contributed by atoms with E-state index in [-0.39, 0.29) is 6.61 Å². The zero-order valence-corrected chi connectivity index (χ0v) is 23.9. The molecular formula is C32H32N2O5S. The highest BCUT2D eigenvalue weighted by Crippen LogP contribution is 2.40. The van der Waals surface area contributed by atoms with Gasteiger partial charge in [-0.15, -0.1) is 11.3 Å². The first-order chi connectivity index (χ1) is 19.2. The molecule has 0 saturated heterocycles. The minimum absolute atomic E-state index is 0.242. The van der Waals surface area contributed by atoms with E-state index < -0.39 is 23.9 Å². The van der Waals surface area contributed by atoms with Gasteiger partial charge in [0.15, 0.2) is 6.10 Å². The molecule has 0 fully saturated rings. The van der Waals surface area contributed by atoms with Crippen molar-refractivity contribution >= 4 is 45.1 Å². The second kappa shape index (κ2) is 11.6. The molecule has 1 aliphatic carbocycles. The van der Waals surface area contributed by atoms with Gasteiger partial charge in [-0.1, -0.05) is 55.0 Å². The van der Waals surface area contributed by atoms with Crippen LogP contribution in [0.3, 0.4) is 0 Å². The van der Waals surface area contributed by atoms with Crippen LogP contribution in [0.4, 0.5) is 5.00 Å². The van der Waals surface area contributed by atoms with Gasteiger partial charge in [-0.25, -0.2) is 14.6 Å². The number of nitrogens with one attached hydrogen (secondary N) is 1. The van der Waals surface area contributed by atoms with E-state index >= 15 is 0 Å². The monoisotopic (exact) mass is 556 g/mol. The summed E-state index contributed by atoms with van der Waals surface area (Å²) in [6.45, 7) is 7.71. The van der Waals surface area contributed by atoms with Gasteiger partial charge in [0.25, 0.3) is 5.91 Å². The van der Waals surface area contributed by atoms with Gasteiger partial charge in [0.05, 0.1) is 28.9 Å². The molecule has 0 bridgehead atoms. The first kappa shape index (κ1) is 27.5. The lowest BCUT2D eigenvalue weighted by Gasteiger charge is -2.18. The lowest BCUT2D eigenvalue weighted by atomic mass is 9.88. The van der Waals surface area contributed by atoms with Crippen LogP contribution in [0.15, 0.2) is 54.6 Å². The van der Waals surface area contributed by atoms with Crippen molar-refractivity contribution in [1.29, 1.82) is 0 Å². The van der Waals surface area contributed by atoms with E-state index in [0.717, 1.165) is 40.8 Å². The maximum atomic E-state index is 13.4. The number of carbonyl (C=O) groups is 3. The first-order valence-corrected chi connectivity index (χ1v) is 14.4. The third kappa shape index (κ3) is 5.63. The molecule has 1 amide bonds. The second-order valence-electron chi connectivity index (χ2n) is 10.3. The number of ether oxygens (including phenoxy) is 2. The van der Waals surface area contributed by atoms with E-state index in [1.807, 2.05) is 55.5 Å². The maximum Gasteiger partial charge on any atom is 0.341 e. The van der Waals surface area contributed by atoms with Gasteiger partial charge in [-0.2, -0.15) is 0 Å². The van der Waals surface area contributed by atoms with Crippen LogP contribution in [-0.2, 0) is 27.1 Å². The normalized spacial score (nSPS) is 15.2. The van der Waals surface area contributed by atoms with Crippen LogP contribution in [0.25, 0.3) is 22.2 Å². The maximum absolute atomic E-state index is 13.4. The number of hydrogen-bond acceptors (Lipinski definition) is 7. The Hall–Kier alpha value is -4.04. The number of hydrogen-bond donors (Lipinski definition) is 1. The Morgan fingerprint density at radius 3 is 2.60 bits per heavy atom. The number of nitrogens with zero attached hydrogens (tertiary/aromatic N) is 1. The predicted molar refractivity (Wildman–Crippen MR) is 157 cm³/mol. The molecule has 0 spiro atoms. The van der Waals surface area contributed by atoms with Crippen molar-refractivity contribution in [3.63, 3.8) is 0 Å². The second-order valence-corrected chi connectivity index (χ2v) is 11.4. The fraction of sp³-hybridized carbons (Fsp3) is 0.312. The van der Waals surface area contributed by atoms with Crippen molar-refractivity contribution in [2.24, 2.45) is 5.92 Å². The topological polar surface area (TPSA) is 94.6 Å². The number of amides is 1. The fourth-order valence-electron chi connectivity index (χ4n) is 4.97. The van der Waals surface area contributed by atoms with Crippen molar-refractivity contribution < 1.29 is 23.9 Å². The molecule has 2 atom stereocenters. The highest BCUT2D eigenvalue weighted by Gasteiger charge is 2.30. The lowest BCUT2D eigenvalue weighted by molar-refractivity contribution is -0.123. The molecular weight excluding hydrogens is 524 g/mol. The van der Waals surface area contributed by atoms with E-state index in [4.69, 9.17) is 14.5 Å². The number of fused-ring (bicyclic) bond motifs is 2. The van der Waals surface area contributed by atoms with Gasteiger partial charge < -0.3 is 14.8 Å². The van der Waals surface area contributed by atoms with Gasteiger partial charge in [0, 0.05) is 15.8 Å². The van der Waals surface area contributed by atoms with E-state index in [2.05, 4.69) is 12.2 Å². The van der Waals surface area contributed by atoms with Crippen molar-refractivity contribution in [2.75, 3.05) is 11.9 Å². The summed E-state index contributed by atoms with van der Waals surface area (Å²) in [4.78, 5) is 45.3. The van der Waals surface area contributed by atoms with Crippen molar-refractivity contribution in [3.05, 3.63) is 81.7 Å². The number of carbonyl (C=O) groups excluding carboxylic acids is 3. The van der Waals surface area contributed by atoms with Gasteiger partial charge in [-0.3, -0.25) is 4.79 Å². The van der Waals surface area contributed by atoms with Gasteiger partial charge in [0.1, 0.15) is 5.00 Å². The van der Waals surface area contributed by atoms with Gasteiger partial charge in [-0.05, 0) is 63.6 Å². The number of aromatic nitrogens is 1. The molecule has 0 aliphatic heterocycles. The number of benzene rings is 2. The fourth-order valence-corrected chi connectivity index (χ4v) is 6.37. The number of anilines is 1. The largest absolute Gasteiger partial charge is 0.462 e. The van der Waals surface area contributed by atoms with Gasteiger partial charge in [0.2, 0.25) is 0 Å². The van der Waals surface area contributed by atoms with E-state index in [1.54, 1.807) is 13.0 Å². The Labute approximate surface area is 237 Å². The number of thiophene rings is 1. The molecule has 206 valence electrons. The molecule has 5 rings (SSSR count). The Bertz CT molecular complexity index is 1590. The highest BCUT2D eigenvalue weighted by atomic mass is 32.1. The molecule has 4 aromatic rings. The minimum Gasteiger partial charge on any atom is -0.462 e.